The molecule has 1 rings (SSSR count). The summed E-state index contributed by atoms with van der Waals surface area (Å²) >= 11 is 0. The number of rotatable bonds is 9. The third-order valence-corrected chi connectivity index (χ3v) is 3.06. The molecule has 0 aliphatic carbocycles. The molecule has 0 aromatic heterocycles. The number of benzene rings is 1. The van der Waals surface area contributed by atoms with Crippen molar-refractivity contribution in [2.24, 2.45) is 0 Å². The van der Waals surface area contributed by atoms with Crippen LogP contribution in [0, 0.1) is 0 Å². The Hall–Kier alpha value is -1.35. The first-order chi connectivity index (χ1) is 9.22. The van der Waals surface area contributed by atoms with E-state index >= 15 is 0 Å². The zero-order valence-electron chi connectivity index (χ0n) is 12.0. The van der Waals surface area contributed by atoms with Crippen LogP contribution >= 0.6 is 0 Å². The number of hydrogen-bond donors (Lipinski definition) is 1. The van der Waals surface area contributed by atoms with Crippen molar-refractivity contribution in [2.75, 3.05) is 13.2 Å². The molecular weight excluding hydrogens is 238 g/mol. The van der Waals surface area contributed by atoms with Gasteiger partial charge in [0.15, 0.2) is 0 Å². The van der Waals surface area contributed by atoms with E-state index in [1.54, 1.807) is 0 Å². The summed E-state index contributed by atoms with van der Waals surface area (Å²) in [6.07, 6.45) is 3.55. The predicted molar refractivity (Wildman–Crippen MR) is 78.1 cm³/mol. The maximum absolute atomic E-state index is 11.1. The fourth-order valence-corrected chi connectivity index (χ4v) is 1.94. The molecule has 0 heterocycles. The number of ether oxygens (including phenoxy) is 1. The van der Waals surface area contributed by atoms with E-state index in [4.69, 9.17) is 4.74 Å². The first-order valence-electron chi connectivity index (χ1n) is 7.15. The molecule has 0 aliphatic heterocycles. The smallest absolute Gasteiger partial charge is 0.305 e. The van der Waals surface area contributed by atoms with Gasteiger partial charge in [-0.2, -0.15) is 0 Å². The second-order valence-electron chi connectivity index (χ2n) is 4.79. The largest absolute Gasteiger partial charge is 0.466 e. The van der Waals surface area contributed by atoms with Crippen LogP contribution < -0.4 is 5.32 Å². The predicted octanol–water partition coefficient (Wildman–Crippen LogP) is 2.94. The number of aryl methyl sites for hydroxylation is 1. The average Bonchev–Trinajstić information content (AvgIpc) is 2.43. The van der Waals surface area contributed by atoms with Gasteiger partial charge in [0.2, 0.25) is 0 Å². The van der Waals surface area contributed by atoms with E-state index in [2.05, 4.69) is 36.5 Å². The molecule has 19 heavy (non-hydrogen) atoms. The van der Waals surface area contributed by atoms with Crippen molar-refractivity contribution in [1.82, 2.24) is 5.32 Å². The minimum Gasteiger partial charge on any atom is -0.466 e. The van der Waals surface area contributed by atoms with Crippen molar-refractivity contribution in [3.8, 4) is 0 Å². The molecular formula is C16H25NO2. The SMILES string of the molecule is CCOC(=O)CCCNC(C)CCc1ccccc1. The van der Waals surface area contributed by atoms with Crippen LogP contribution in [0.4, 0.5) is 0 Å². The number of hydrogen-bond acceptors (Lipinski definition) is 3. The highest BCUT2D eigenvalue weighted by molar-refractivity contribution is 5.69. The fraction of sp³-hybridized carbons (Fsp3) is 0.562. The van der Waals surface area contributed by atoms with Crippen LogP contribution in [0.2, 0.25) is 0 Å². The Morgan fingerprint density at radius 3 is 2.74 bits per heavy atom. The van der Waals surface area contributed by atoms with Gasteiger partial charge < -0.3 is 10.1 Å². The van der Waals surface area contributed by atoms with Crippen molar-refractivity contribution in [3.63, 3.8) is 0 Å². The van der Waals surface area contributed by atoms with E-state index in [-0.39, 0.29) is 5.97 Å². The molecule has 1 aromatic rings. The molecule has 0 saturated carbocycles. The van der Waals surface area contributed by atoms with Crippen molar-refractivity contribution in [3.05, 3.63) is 35.9 Å². The Labute approximate surface area is 116 Å². The van der Waals surface area contributed by atoms with Gasteiger partial charge in [-0.1, -0.05) is 30.3 Å². The van der Waals surface area contributed by atoms with Gasteiger partial charge in [-0.15, -0.1) is 0 Å². The van der Waals surface area contributed by atoms with Crippen LogP contribution in [-0.4, -0.2) is 25.2 Å². The number of carbonyl (C=O) groups is 1. The van der Waals surface area contributed by atoms with Crippen molar-refractivity contribution in [2.45, 2.75) is 45.6 Å². The van der Waals surface area contributed by atoms with E-state index in [1.807, 2.05) is 13.0 Å². The molecule has 1 N–H and O–H groups in total. The molecule has 0 spiro atoms. The Morgan fingerprint density at radius 1 is 1.32 bits per heavy atom. The summed E-state index contributed by atoms with van der Waals surface area (Å²) in [5, 5.41) is 3.44. The number of nitrogens with one attached hydrogen (secondary N) is 1. The average molecular weight is 263 g/mol. The first-order valence-corrected chi connectivity index (χ1v) is 7.15. The van der Waals surface area contributed by atoms with Crippen LogP contribution in [0.5, 0.6) is 0 Å². The van der Waals surface area contributed by atoms with E-state index in [9.17, 15) is 4.79 Å². The van der Waals surface area contributed by atoms with Crippen LogP contribution in [0.3, 0.4) is 0 Å². The molecule has 3 nitrogen and oxygen atoms in total. The lowest BCUT2D eigenvalue weighted by Gasteiger charge is -2.13. The molecule has 0 amide bonds. The van der Waals surface area contributed by atoms with Gasteiger partial charge in [0.1, 0.15) is 0 Å². The highest BCUT2D eigenvalue weighted by Crippen LogP contribution is 2.04. The van der Waals surface area contributed by atoms with Crippen molar-refractivity contribution >= 4 is 5.97 Å². The Morgan fingerprint density at radius 2 is 2.05 bits per heavy atom. The maximum Gasteiger partial charge on any atom is 0.305 e. The van der Waals surface area contributed by atoms with Crippen LogP contribution in [0.1, 0.15) is 38.7 Å². The second kappa shape index (κ2) is 9.56. The van der Waals surface area contributed by atoms with Gasteiger partial charge in [-0.05, 0) is 45.2 Å². The molecule has 1 aromatic carbocycles. The quantitative estimate of drug-likeness (QED) is 0.550. The normalized spacial score (nSPS) is 12.1. The topological polar surface area (TPSA) is 38.3 Å². The molecule has 3 heteroatoms. The van der Waals surface area contributed by atoms with Crippen LogP contribution in [0.15, 0.2) is 30.3 Å². The van der Waals surface area contributed by atoms with E-state index < -0.39 is 0 Å². The highest BCUT2D eigenvalue weighted by Gasteiger charge is 2.04. The molecule has 0 aliphatic rings. The van der Waals surface area contributed by atoms with Crippen molar-refractivity contribution < 1.29 is 9.53 Å². The minimum absolute atomic E-state index is 0.0961. The minimum atomic E-state index is -0.0961. The molecule has 1 unspecified atom stereocenters. The van der Waals surface area contributed by atoms with Gasteiger partial charge in [0.25, 0.3) is 0 Å². The van der Waals surface area contributed by atoms with E-state index in [0.29, 0.717) is 19.1 Å². The third kappa shape index (κ3) is 7.62. The summed E-state index contributed by atoms with van der Waals surface area (Å²) in [6, 6.07) is 11.0. The number of esters is 1. The van der Waals surface area contributed by atoms with Crippen LogP contribution in [0.25, 0.3) is 0 Å². The Bertz CT molecular complexity index is 351. The van der Waals surface area contributed by atoms with Gasteiger partial charge in [0, 0.05) is 12.5 Å². The maximum atomic E-state index is 11.1. The molecule has 0 radical (unpaired) electrons. The van der Waals surface area contributed by atoms with Crippen molar-refractivity contribution in [1.29, 1.82) is 0 Å². The summed E-state index contributed by atoms with van der Waals surface area (Å²) in [4.78, 5) is 11.1. The monoisotopic (exact) mass is 263 g/mol. The highest BCUT2D eigenvalue weighted by atomic mass is 16.5. The summed E-state index contributed by atoms with van der Waals surface area (Å²) < 4.78 is 4.89. The molecule has 106 valence electrons. The van der Waals surface area contributed by atoms with Crippen LogP contribution in [-0.2, 0) is 16.0 Å². The van der Waals surface area contributed by atoms with E-state index in [1.165, 1.54) is 5.56 Å². The van der Waals surface area contributed by atoms with Gasteiger partial charge in [-0.25, -0.2) is 0 Å². The lowest BCUT2D eigenvalue weighted by Crippen LogP contribution is -2.27. The standard InChI is InChI=1S/C16H25NO2/c1-3-19-16(18)10-7-13-17-14(2)11-12-15-8-5-4-6-9-15/h4-6,8-9,14,17H,3,7,10-13H2,1-2H3. The zero-order chi connectivity index (χ0) is 13.9. The first kappa shape index (κ1) is 15.7. The second-order valence-corrected chi connectivity index (χ2v) is 4.79. The lowest BCUT2D eigenvalue weighted by molar-refractivity contribution is -0.143. The molecule has 0 saturated heterocycles. The number of carbonyl (C=O) groups excluding carboxylic acids is 1. The Balaban J connectivity index is 2.05. The molecule has 1 atom stereocenters. The zero-order valence-corrected chi connectivity index (χ0v) is 12.0. The molecule has 0 fully saturated rings. The third-order valence-electron chi connectivity index (χ3n) is 3.06. The summed E-state index contributed by atoms with van der Waals surface area (Å²) in [5.41, 5.74) is 1.38. The Kier molecular flexibility index (Phi) is 7.91. The fourth-order valence-electron chi connectivity index (χ4n) is 1.94. The summed E-state index contributed by atoms with van der Waals surface area (Å²) in [6.45, 7) is 5.36. The lowest BCUT2D eigenvalue weighted by atomic mass is 10.1. The van der Waals surface area contributed by atoms with Gasteiger partial charge in [-0.3, -0.25) is 4.79 Å². The molecule has 0 bridgehead atoms. The van der Waals surface area contributed by atoms with Gasteiger partial charge >= 0.3 is 5.97 Å². The summed E-state index contributed by atoms with van der Waals surface area (Å²) in [5.74, 6) is -0.0961. The summed E-state index contributed by atoms with van der Waals surface area (Å²) in [7, 11) is 0. The van der Waals surface area contributed by atoms with E-state index in [0.717, 1.165) is 25.8 Å². The van der Waals surface area contributed by atoms with Gasteiger partial charge in [0.05, 0.1) is 6.61 Å².